The van der Waals surface area contributed by atoms with Crippen LogP contribution in [0.5, 0.6) is 0 Å². The molecule has 0 spiro atoms. The number of rotatable bonds is 14. The van der Waals surface area contributed by atoms with E-state index in [1.54, 1.807) is 0 Å². The van der Waals surface area contributed by atoms with Gasteiger partial charge < -0.3 is 9.84 Å². The van der Waals surface area contributed by atoms with Crippen LogP contribution in [0.4, 0.5) is 0 Å². The summed E-state index contributed by atoms with van der Waals surface area (Å²) < 4.78 is 35.7. The molecule has 0 aromatic heterocycles. The zero-order valence-electron chi connectivity index (χ0n) is 13.5. The average molecular weight is 324 g/mol. The molecule has 0 rings (SSSR count). The third-order valence-electron chi connectivity index (χ3n) is 3.49. The van der Waals surface area contributed by atoms with Gasteiger partial charge in [0.25, 0.3) is 10.1 Å². The van der Waals surface area contributed by atoms with Gasteiger partial charge >= 0.3 is 0 Å². The van der Waals surface area contributed by atoms with Crippen LogP contribution in [0.1, 0.15) is 71.6 Å². The van der Waals surface area contributed by atoms with Crippen molar-refractivity contribution in [3.05, 3.63) is 0 Å². The Hall–Kier alpha value is -0.170. The summed E-state index contributed by atoms with van der Waals surface area (Å²) in [6.07, 6.45) is 9.81. The molecule has 2 unspecified atom stereocenters. The van der Waals surface area contributed by atoms with Gasteiger partial charge in [0.05, 0.1) is 18.8 Å². The smallest absolute Gasteiger partial charge is 0.267 e. The summed E-state index contributed by atoms with van der Waals surface area (Å²) in [5, 5.41) is 9.05. The van der Waals surface area contributed by atoms with Gasteiger partial charge in [-0.25, -0.2) is 0 Å². The first-order chi connectivity index (χ1) is 9.89. The first kappa shape index (κ1) is 20.8. The largest absolute Gasteiger partial charge is 0.394 e. The van der Waals surface area contributed by atoms with E-state index in [0.717, 1.165) is 19.3 Å². The number of hydrogen-bond acceptors (Lipinski definition) is 4. The van der Waals surface area contributed by atoms with Gasteiger partial charge in [-0.1, -0.05) is 58.3 Å². The van der Waals surface area contributed by atoms with Crippen LogP contribution in [-0.2, 0) is 14.9 Å². The van der Waals surface area contributed by atoms with Crippen molar-refractivity contribution < 1.29 is 22.8 Å². The highest BCUT2D eigenvalue weighted by atomic mass is 32.2. The van der Waals surface area contributed by atoms with E-state index in [-0.39, 0.29) is 6.10 Å². The predicted molar refractivity (Wildman–Crippen MR) is 85.1 cm³/mol. The van der Waals surface area contributed by atoms with E-state index in [0.29, 0.717) is 0 Å². The van der Waals surface area contributed by atoms with E-state index in [9.17, 15) is 8.42 Å². The summed E-state index contributed by atoms with van der Waals surface area (Å²) in [6.45, 7) is 3.68. The molecular formula is C15H32O5S. The maximum atomic E-state index is 10.8. The molecule has 0 aliphatic carbocycles. The van der Waals surface area contributed by atoms with Crippen LogP contribution in [0.3, 0.4) is 0 Å². The molecule has 0 radical (unpaired) electrons. The Morgan fingerprint density at radius 1 is 1.00 bits per heavy atom. The molecule has 0 fully saturated rings. The first-order valence-electron chi connectivity index (χ1n) is 8.10. The molecule has 6 heteroatoms. The second-order valence-corrected chi connectivity index (χ2v) is 7.26. The second kappa shape index (κ2) is 12.4. The molecule has 0 saturated carbocycles. The lowest BCUT2D eigenvalue weighted by Gasteiger charge is -2.19. The molecule has 0 heterocycles. The van der Waals surface area contributed by atoms with Crippen molar-refractivity contribution in [3.63, 3.8) is 0 Å². The molecule has 0 amide bonds. The summed E-state index contributed by atoms with van der Waals surface area (Å²) >= 11 is 0. The lowest BCUT2D eigenvalue weighted by molar-refractivity contribution is -0.0234. The number of aliphatic hydroxyl groups excluding tert-OH is 1. The van der Waals surface area contributed by atoms with Gasteiger partial charge in [-0.05, 0) is 13.3 Å². The normalized spacial score (nSPS) is 15.0. The molecule has 21 heavy (non-hydrogen) atoms. The SMILES string of the molecule is CCCCCCCCCCC(C)OC(CO)CS(=O)(=O)O. The minimum absolute atomic E-state index is 0.107. The molecule has 0 aliphatic rings. The fraction of sp³-hybridized carbons (Fsp3) is 1.00. The average Bonchev–Trinajstić information content (AvgIpc) is 2.39. The number of unbranched alkanes of at least 4 members (excludes halogenated alkanes) is 7. The Balaban J connectivity index is 3.62. The molecule has 128 valence electrons. The first-order valence-corrected chi connectivity index (χ1v) is 9.71. The van der Waals surface area contributed by atoms with Crippen LogP contribution in [0, 0.1) is 0 Å². The van der Waals surface area contributed by atoms with Crippen molar-refractivity contribution in [2.45, 2.75) is 83.8 Å². The monoisotopic (exact) mass is 324 g/mol. The third-order valence-corrected chi connectivity index (χ3v) is 4.28. The molecule has 0 aromatic carbocycles. The Bertz CT molecular complexity index is 329. The molecular weight excluding hydrogens is 292 g/mol. The fourth-order valence-corrected chi connectivity index (χ4v) is 2.99. The van der Waals surface area contributed by atoms with Gasteiger partial charge in [-0.2, -0.15) is 8.42 Å². The third kappa shape index (κ3) is 14.5. The van der Waals surface area contributed by atoms with Gasteiger partial charge in [0.15, 0.2) is 0 Å². The summed E-state index contributed by atoms with van der Waals surface area (Å²) in [7, 11) is -4.11. The highest BCUT2D eigenvalue weighted by Gasteiger charge is 2.19. The van der Waals surface area contributed by atoms with Crippen molar-refractivity contribution >= 4 is 10.1 Å². The van der Waals surface area contributed by atoms with Crippen molar-refractivity contribution in [3.8, 4) is 0 Å². The van der Waals surface area contributed by atoms with Crippen LogP contribution in [0.25, 0.3) is 0 Å². The van der Waals surface area contributed by atoms with E-state index in [1.807, 2.05) is 6.92 Å². The molecule has 0 aliphatic heterocycles. The van der Waals surface area contributed by atoms with Gasteiger partial charge in [-0.15, -0.1) is 0 Å². The van der Waals surface area contributed by atoms with Gasteiger partial charge in [0.1, 0.15) is 5.75 Å². The standard InChI is InChI=1S/C15H32O5S/c1-3-4-5-6-7-8-9-10-11-14(2)20-15(12-16)13-21(17,18)19/h14-16H,3-13H2,1-2H3,(H,17,18,19). The van der Waals surface area contributed by atoms with Crippen LogP contribution >= 0.6 is 0 Å². The number of aliphatic hydroxyl groups is 1. The summed E-state index contributed by atoms with van der Waals surface area (Å²) in [5.74, 6) is -0.550. The molecule has 2 N–H and O–H groups in total. The summed E-state index contributed by atoms with van der Waals surface area (Å²) in [5.41, 5.74) is 0. The molecule has 0 bridgehead atoms. The van der Waals surface area contributed by atoms with Crippen LogP contribution in [-0.4, -0.2) is 42.6 Å². The van der Waals surface area contributed by atoms with Crippen molar-refractivity contribution in [2.24, 2.45) is 0 Å². The van der Waals surface area contributed by atoms with E-state index < -0.39 is 28.6 Å². The zero-order chi connectivity index (χ0) is 16.1. The molecule has 0 aromatic rings. The van der Waals surface area contributed by atoms with Crippen molar-refractivity contribution in [1.29, 1.82) is 0 Å². The van der Waals surface area contributed by atoms with Gasteiger partial charge in [-0.3, -0.25) is 4.55 Å². The van der Waals surface area contributed by atoms with Crippen molar-refractivity contribution in [2.75, 3.05) is 12.4 Å². The summed E-state index contributed by atoms with van der Waals surface area (Å²) in [6, 6.07) is 0. The molecule has 2 atom stereocenters. The van der Waals surface area contributed by atoms with Crippen LogP contribution < -0.4 is 0 Å². The Labute approximate surface area is 129 Å². The minimum Gasteiger partial charge on any atom is -0.394 e. The van der Waals surface area contributed by atoms with Gasteiger partial charge in [0, 0.05) is 0 Å². The zero-order valence-corrected chi connectivity index (χ0v) is 14.3. The van der Waals surface area contributed by atoms with E-state index >= 15 is 0 Å². The number of ether oxygens (including phenoxy) is 1. The maximum Gasteiger partial charge on any atom is 0.267 e. The Kier molecular flexibility index (Phi) is 12.3. The maximum absolute atomic E-state index is 10.8. The van der Waals surface area contributed by atoms with E-state index in [1.165, 1.54) is 38.5 Å². The Morgan fingerprint density at radius 2 is 1.52 bits per heavy atom. The number of hydrogen-bond donors (Lipinski definition) is 2. The highest BCUT2D eigenvalue weighted by molar-refractivity contribution is 7.85. The lowest BCUT2D eigenvalue weighted by Crippen LogP contribution is -2.30. The Morgan fingerprint density at radius 3 is 2.00 bits per heavy atom. The predicted octanol–water partition coefficient (Wildman–Crippen LogP) is 3.17. The second-order valence-electron chi connectivity index (χ2n) is 5.76. The van der Waals surface area contributed by atoms with E-state index in [4.69, 9.17) is 14.4 Å². The fourth-order valence-electron chi connectivity index (χ4n) is 2.33. The van der Waals surface area contributed by atoms with Crippen LogP contribution in [0.2, 0.25) is 0 Å². The quantitative estimate of drug-likeness (QED) is 0.379. The lowest BCUT2D eigenvalue weighted by atomic mass is 10.1. The van der Waals surface area contributed by atoms with Crippen molar-refractivity contribution in [1.82, 2.24) is 0 Å². The van der Waals surface area contributed by atoms with Gasteiger partial charge in [0.2, 0.25) is 0 Å². The molecule has 0 saturated heterocycles. The minimum atomic E-state index is -4.11. The molecule has 5 nitrogen and oxygen atoms in total. The highest BCUT2D eigenvalue weighted by Crippen LogP contribution is 2.13. The van der Waals surface area contributed by atoms with Crippen LogP contribution in [0.15, 0.2) is 0 Å². The van der Waals surface area contributed by atoms with E-state index in [2.05, 4.69) is 6.92 Å². The summed E-state index contributed by atoms with van der Waals surface area (Å²) in [4.78, 5) is 0. The topological polar surface area (TPSA) is 83.8 Å².